The number of nitrogens with zero attached hydrogens (tertiary/aromatic N) is 1. The SMILES string of the molecule is CCC(NC(=O)C(N)C1CCCCC1)C(O)c1nc2ccccc2o1. The van der Waals surface area contributed by atoms with Crippen LogP contribution in [-0.2, 0) is 4.79 Å². The second kappa shape index (κ2) is 7.97. The van der Waals surface area contributed by atoms with Gasteiger partial charge in [0.25, 0.3) is 0 Å². The maximum absolute atomic E-state index is 12.5. The number of carbonyl (C=O) groups is 1. The zero-order valence-electron chi connectivity index (χ0n) is 14.6. The molecule has 136 valence electrons. The lowest BCUT2D eigenvalue weighted by Crippen LogP contribution is -2.50. The van der Waals surface area contributed by atoms with Gasteiger partial charge in [-0.25, -0.2) is 4.98 Å². The quantitative estimate of drug-likeness (QED) is 0.747. The van der Waals surface area contributed by atoms with Crippen molar-refractivity contribution in [2.45, 2.75) is 63.6 Å². The number of hydrogen-bond acceptors (Lipinski definition) is 5. The third-order valence-corrected chi connectivity index (χ3v) is 5.17. The number of amides is 1. The van der Waals surface area contributed by atoms with Gasteiger partial charge in [-0.05, 0) is 37.3 Å². The van der Waals surface area contributed by atoms with Gasteiger partial charge in [0.05, 0.1) is 12.1 Å². The third kappa shape index (κ3) is 4.02. The van der Waals surface area contributed by atoms with E-state index in [1.165, 1.54) is 6.42 Å². The minimum atomic E-state index is -1.00. The molecule has 3 rings (SSSR count). The normalized spacial score (nSPS) is 19.5. The Bertz CT molecular complexity index is 676. The molecule has 1 aliphatic rings. The predicted molar refractivity (Wildman–Crippen MR) is 95.7 cm³/mol. The third-order valence-electron chi connectivity index (χ3n) is 5.17. The van der Waals surface area contributed by atoms with Crippen molar-refractivity contribution < 1.29 is 14.3 Å². The topological polar surface area (TPSA) is 101 Å². The smallest absolute Gasteiger partial charge is 0.237 e. The molecule has 6 heteroatoms. The molecular formula is C19H27N3O3. The van der Waals surface area contributed by atoms with Crippen molar-refractivity contribution in [2.24, 2.45) is 11.7 Å². The van der Waals surface area contributed by atoms with Gasteiger partial charge >= 0.3 is 0 Å². The van der Waals surface area contributed by atoms with E-state index in [4.69, 9.17) is 10.2 Å². The van der Waals surface area contributed by atoms with Gasteiger partial charge in [-0.15, -0.1) is 0 Å². The number of aliphatic hydroxyl groups is 1. The summed E-state index contributed by atoms with van der Waals surface area (Å²) >= 11 is 0. The Morgan fingerprint density at radius 2 is 2.08 bits per heavy atom. The molecule has 0 radical (unpaired) electrons. The fourth-order valence-electron chi connectivity index (χ4n) is 3.58. The lowest BCUT2D eigenvalue weighted by Gasteiger charge is -2.29. The number of nitrogens with one attached hydrogen (secondary N) is 1. The van der Waals surface area contributed by atoms with Crippen LogP contribution in [0.1, 0.15) is 57.4 Å². The fourth-order valence-corrected chi connectivity index (χ4v) is 3.58. The van der Waals surface area contributed by atoms with Gasteiger partial charge in [0, 0.05) is 0 Å². The summed E-state index contributed by atoms with van der Waals surface area (Å²) in [6.07, 6.45) is 5.04. The summed E-state index contributed by atoms with van der Waals surface area (Å²) in [5.41, 5.74) is 7.48. The Balaban J connectivity index is 1.67. The zero-order valence-corrected chi connectivity index (χ0v) is 14.6. The van der Waals surface area contributed by atoms with E-state index < -0.39 is 18.2 Å². The molecule has 2 aromatic rings. The molecule has 3 atom stereocenters. The van der Waals surface area contributed by atoms with Crippen molar-refractivity contribution in [3.8, 4) is 0 Å². The number of nitrogens with two attached hydrogens (primary N) is 1. The largest absolute Gasteiger partial charge is 0.438 e. The molecule has 1 fully saturated rings. The van der Waals surface area contributed by atoms with E-state index in [-0.39, 0.29) is 17.7 Å². The highest BCUT2D eigenvalue weighted by molar-refractivity contribution is 5.82. The number of hydrogen-bond donors (Lipinski definition) is 3. The first kappa shape index (κ1) is 17.9. The maximum Gasteiger partial charge on any atom is 0.237 e. The number of oxazole rings is 1. The molecule has 0 aliphatic heterocycles. The monoisotopic (exact) mass is 345 g/mol. The van der Waals surface area contributed by atoms with Crippen LogP contribution < -0.4 is 11.1 Å². The zero-order chi connectivity index (χ0) is 17.8. The molecule has 0 bridgehead atoms. The first-order valence-corrected chi connectivity index (χ1v) is 9.19. The summed E-state index contributed by atoms with van der Waals surface area (Å²) in [5, 5.41) is 13.5. The summed E-state index contributed by atoms with van der Waals surface area (Å²) in [6.45, 7) is 1.91. The van der Waals surface area contributed by atoms with E-state index >= 15 is 0 Å². The molecule has 1 aromatic heterocycles. The molecular weight excluding hydrogens is 318 g/mol. The van der Waals surface area contributed by atoms with Crippen LogP contribution in [-0.4, -0.2) is 28.1 Å². The highest BCUT2D eigenvalue weighted by atomic mass is 16.4. The van der Waals surface area contributed by atoms with Gasteiger partial charge in [-0.1, -0.05) is 38.3 Å². The molecule has 0 saturated heterocycles. The van der Waals surface area contributed by atoms with E-state index in [1.807, 2.05) is 25.1 Å². The van der Waals surface area contributed by atoms with Gasteiger partial charge in [0.1, 0.15) is 5.52 Å². The van der Waals surface area contributed by atoms with E-state index in [0.29, 0.717) is 17.5 Å². The molecule has 0 spiro atoms. The van der Waals surface area contributed by atoms with Crippen LogP contribution in [0.25, 0.3) is 11.1 Å². The molecule has 1 saturated carbocycles. The van der Waals surface area contributed by atoms with E-state index in [1.54, 1.807) is 6.07 Å². The lowest BCUT2D eigenvalue weighted by atomic mass is 9.84. The number of rotatable bonds is 6. The maximum atomic E-state index is 12.5. The van der Waals surface area contributed by atoms with Crippen LogP contribution in [0.3, 0.4) is 0 Å². The van der Waals surface area contributed by atoms with E-state index in [2.05, 4.69) is 10.3 Å². The van der Waals surface area contributed by atoms with Crippen LogP contribution in [0, 0.1) is 5.92 Å². The molecule has 6 nitrogen and oxygen atoms in total. The highest BCUT2D eigenvalue weighted by Crippen LogP contribution is 2.27. The molecule has 1 aliphatic carbocycles. The number of para-hydroxylation sites is 2. The van der Waals surface area contributed by atoms with Crippen molar-refractivity contribution in [1.82, 2.24) is 10.3 Å². The number of aromatic nitrogens is 1. The van der Waals surface area contributed by atoms with Crippen molar-refractivity contribution in [2.75, 3.05) is 0 Å². The molecule has 1 heterocycles. The van der Waals surface area contributed by atoms with Crippen molar-refractivity contribution in [3.63, 3.8) is 0 Å². The standard InChI is InChI=1S/C19H27N3O3/c1-2-13(21-18(24)16(20)12-8-4-3-5-9-12)17(23)19-22-14-10-6-7-11-15(14)25-19/h6-7,10-13,16-17,23H,2-5,8-9,20H2,1H3,(H,21,24). The van der Waals surface area contributed by atoms with Crippen molar-refractivity contribution in [3.05, 3.63) is 30.2 Å². The van der Waals surface area contributed by atoms with Gasteiger partial charge in [0.15, 0.2) is 11.7 Å². The lowest BCUT2D eigenvalue weighted by molar-refractivity contribution is -0.125. The van der Waals surface area contributed by atoms with E-state index in [0.717, 1.165) is 25.7 Å². The number of carbonyl (C=O) groups excluding carboxylic acids is 1. The minimum absolute atomic E-state index is 0.200. The highest BCUT2D eigenvalue weighted by Gasteiger charge is 2.31. The summed E-state index contributed by atoms with van der Waals surface area (Å²) < 4.78 is 5.63. The summed E-state index contributed by atoms with van der Waals surface area (Å²) in [4.78, 5) is 16.8. The minimum Gasteiger partial charge on any atom is -0.438 e. The average Bonchev–Trinajstić information content (AvgIpc) is 3.09. The molecule has 25 heavy (non-hydrogen) atoms. The molecule has 4 N–H and O–H groups in total. The van der Waals surface area contributed by atoms with Gasteiger partial charge in [-0.2, -0.15) is 0 Å². The fraction of sp³-hybridized carbons (Fsp3) is 0.579. The summed E-state index contributed by atoms with van der Waals surface area (Å²) in [6, 6.07) is 6.35. The predicted octanol–water partition coefficient (Wildman–Crippen LogP) is 2.66. The Morgan fingerprint density at radius 3 is 2.76 bits per heavy atom. The Hall–Kier alpha value is -1.92. The van der Waals surface area contributed by atoms with Crippen LogP contribution in [0.15, 0.2) is 28.7 Å². The van der Waals surface area contributed by atoms with Gasteiger partial charge < -0.3 is 20.6 Å². The van der Waals surface area contributed by atoms with Crippen LogP contribution >= 0.6 is 0 Å². The molecule has 3 unspecified atom stereocenters. The van der Waals surface area contributed by atoms with Crippen molar-refractivity contribution >= 4 is 17.0 Å². The molecule has 1 amide bonds. The van der Waals surface area contributed by atoms with Crippen LogP contribution in [0.5, 0.6) is 0 Å². The molecule has 1 aromatic carbocycles. The second-order valence-corrected chi connectivity index (χ2v) is 6.91. The van der Waals surface area contributed by atoms with Crippen LogP contribution in [0.4, 0.5) is 0 Å². The van der Waals surface area contributed by atoms with Gasteiger partial charge in [-0.3, -0.25) is 4.79 Å². The van der Waals surface area contributed by atoms with E-state index in [9.17, 15) is 9.90 Å². The van der Waals surface area contributed by atoms with Crippen LogP contribution in [0.2, 0.25) is 0 Å². The second-order valence-electron chi connectivity index (χ2n) is 6.91. The summed E-state index contributed by atoms with van der Waals surface area (Å²) in [7, 11) is 0. The average molecular weight is 345 g/mol. The summed E-state index contributed by atoms with van der Waals surface area (Å²) in [5.74, 6) is 0.251. The Morgan fingerprint density at radius 1 is 1.36 bits per heavy atom. The number of benzene rings is 1. The first-order valence-electron chi connectivity index (χ1n) is 9.19. The Labute approximate surface area is 147 Å². The van der Waals surface area contributed by atoms with Gasteiger partial charge in [0.2, 0.25) is 11.8 Å². The Kier molecular flexibility index (Phi) is 5.71. The number of aliphatic hydroxyl groups excluding tert-OH is 1. The van der Waals surface area contributed by atoms with Crippen molar-refractivity contribution in [1.29, 1.82) is 0 Å². The first-order chi connectivity index (χ1) is 12.1. The number of fused-ring (bicyclic) bond motifs is 1.